The van der Waals surface area contributed by atoms with E-state index in [1.807, 2.05) is 0 Å². The maximum Gasteiger partial charge on any atom is 0.420 e. The molecule has 0 amide bonds. The first-order valence-electron chi connectivity index (χ1n) is 8.07. The summed E-state index contributed by atoms with van der Waals surface area (Å²) in [5.41, 5.74) is -1.13. The molecule has 0 aliphatic carbocycles. The van der Waals surface area contributed by atoms with Gasteiger partial charge in [0.05, 0.1) is 18.8 Å². The lowest BCUT2D eigenvalue weighted by atomic mass is 10.1. The fraction of sp³-hybridized carbons (Fsp3) is 0.667. The summed E-state index contributed by atoms with van der Waals surface area (Å²) in [4.78, 5) is 4.50. The van der Waals surface area contributed by atoms with E-state index in [1.54, 1.807) is 0 Å². The topological polar surface area (TPSA) is 71.5 Å². The van der Waals surface area contributed by atoms with Crippen LogP contribution in [0.2, 0.25) is 0 Å². The van der Waals surface area contributed by atoms with Crippen LogP contribution >= 0.6 is 0 Å². The van der Waals surface area contributed by atoms with E-state index in [0.29, 0.717) is 25.8 Å². The first kappa shape index (κ1) is 20.8. The Morgan fingerprint density at radius 1 is 1.42 bits per heavy atom. The van der Waals surface area contributed by atoms with Crippen molar-refractivity contribution in [2.45, 2.75) is 23.9 Å². The maximum absolute atomic E-state index is 13.4. The number of rotatable bonds is 8. The second kappa shape index (κ2) is 8.49. The van der Waals surface area contributed by atoms with Gasteiger partial charge in [0.1, 0.15) is 10.7 Å². The van der Waals surface area contributed by atoms with Gasteiger partial charge in [0.25, 0.3) is 0 Å². The Morgan fingerprint density at radius 2 is 2.15 bits per heavy atom. The molecule has 2 heterocycles. The molecule has 1 saturated heterocycles. The first-order chi connectivity index (χ1) is 12.1. The summed E-state index contributed by atoms with van der Waals surface area (Å²) in [6.07, 6.45) is -3.21. The fourth-order valence-electron chi connectivity index (χ4n) is 2.66. The van der Waals surface area contributed by atoms with Gasteiger partial charge in [0.15, 0.2) is 0 Å². The fourth-order valence-corrected chi connectivity index (χ4v) is 3.70. The number of hydrogen-bond acceptors (Lipinski definition) is 5. The molecule has 0 saturated carbocycles. The van der Waals surface area contributed by atoms with Gasteiger partial charge in [-0.15, -0.1) is 0 Å². The standard InChI is InChI=1S/C15H21F4N3O3S/c1-22(9-11-3-6-25-10-11)14-13(15(17,18)19)7-12(8-20-14)26(23,24)21-5-2-4-16/h7-8,11,21H,2-6,9-10H2,1H3/t11-/m1/s1. The molecule has 1 fully saturated rings. The summed E-state index contributed by atoms with van der Waals surface area (Å²) < 4.78 is 83.8. The number of halogens is 4. The van der Waals surface area contributed by atoms with Crippen molar-refractivity contribution < 1.29 is 30.7 Å². The van der Waals surface area contributed by atoms with Crippen molar-refractivity contribution >= 4 is 15.8 Å². The molecule has 1 aliphatic heterocycles. The number of ether oxygens (including phenoxy) is 1. The van der Waals surface area contributed by atoms with Gasteiger partial charge in [-0.2, -0.15) is 13.2 Å². The van der Waals surface area contributed by atoms with Crippen LogP contribution in [0.3, 0.4) is 0 Å². The lowest BCUT2D eigenvalue weighted by molar-refractivity contribution is -0.137. The number of pyridine rings is 1. The highest BCUT2D eigenvalue weighted by molar-refractivity contribution is 7.89. The molecule has 11 heteroatoms. The summed E-state index contributed by atoms with van der Waals surface area (Å²) >= 11 is 0. The number of hydrogen-bond donors (Lipinski definition) is 1. The number of aromatic nitrogens is 1. The van der Waals surface area contributed by atoms with E-state index >= 15 is 0 Å². The monoisotopic (exact) mass is 399 g/mol. The summed E-state index contributed by atoms with van der Waals surface area (Å²) in [6.45, 7) is 0.417. The molecule has 148 valence electrons. The van der Waals surface area contributed by atoms with Crippen LogP contribution in [0.1, 0.15) is 18.4 Å². The lowest BCUT2D eigenvalue weighted by Crippen LogP contribution is -2.30. The highest BCUT2D eigenvalue weighted by atomic mass is 32.2. The Bertz CT molecular complexity index is 707. The highest BCUT2D eigenvalue weighted by Crippen LogP contribution is 2.36. The minimum Gasteiger partial charge on any atom is -0.381 e. The van der Waals surface area contributed by atoms with Gasteiger partial charge < -0.3 is 9.64 Å². The molecule has 0 spiro atoms. The zero-order chi connectivity index (χ0) is 19.4. The largest absolute Gasteiger partial charge is 0.420 e. The molecule has 1 aromatic heterocycles. The molecular formula is C15H21F4N3O3S. The van der Waals surface area contributed by atoms with E-state index in [0.717, 1.165) is 12.6 Å². The van der Waals surface area contributed by atoms with Gasteiger partial charge in [-0.1, -0.05) is 0 Å². The molecule has 6 nitrogen and oxygen atoms in total. The summed E-state index contributed by atoms with van der Waals surface area (Å²) in [6, 6.07) is 0.557. The van der Waals surface area contributed by atoms with E-state index in [9.17, 15) is 26.0 Å². The van der Waals surface area contributed by atoms with Crippen LogP contribution in [0.25, 0.3) is 0 Å². The maximum atomic E-state index is 13.4. The molecule has 1 aromatic rings. The predicted octanol–water partition coefficient (Wildman–Crippen LogP) is 2.21. The minimum atomic E-state index is -4.77. The summed E-state index contributed by atoms with van der Waals surface area (Å²) in [5, 5.41) is 0. The Kier molecular flexibility index (Phi) is 6.80. The smallest absolute Gasteiger partial charge is 0.381 e. The van der Waals surface area contributed by atoms with E-state index in [4.69, 9.17) is 4.74 Å². The van der Waals surface area contributed by atoms with Crippen molar-refractivity contribution in [2.24, 2.45) is 5.92 Å². The van der Waals surface area contributed by atoms with Crippen molar-refractivity contribution in [3.8, 4) is 0 Å². The molecule has 26 heavy (non-hydrogen) atoms. The number of alkyl halides is 4. The zero-order valence-electron chi connectivity index (χ0n) is 14.2. The molecule has 1 N–H and O–H groups in total. The van der Waals surface area contributed by atoms with Gasteiger partial charge >= 0.3 is 6.18 Å². The summed E-state index contributed by atoms with van der Waals surface area (Å²) in [7, 11) is -2.72. The first-order valence-corrected chi connectivity index (χ1v) is 9.55. The Morgan fingerprint density at radius 3 is 2.73 bits per heavy atom. The van der Waals surface area contributed by atoms with Crippen LogP contribution in [-0.4, -0.2) is 53.4 Å². The van der Waals surface area contributed by atoms with Crippen LogP contribution in [-0.2, 0) is 20.9 Å². The zero-order valence-corrected chi connectivity index (χ0v) is 15.0. The molecule has 0 aromatic carbocycles. The van der Waals surface area contributed by atoms with Crippen LogP contribution in [0.5, 0.6) is 0 Å². The van der Waals surface area contributed by atoms with Crippen molar-refractivity contribution in [2.75, 3.05) is 44.9 Å². The number of nitrogens with one attached hydrogen (secondary N) is 1. The van der Waals surface area contributed by atoms with E-state index in [1.165, 1.54) is 11.9 Å². The summed E-state index contributed by atoms with van der Waals surface area (Å²) in [5.74, 6) is -0.249. The van der Waals surface area contributed by atoms with E-state index in [-0.39, 0.29) is 24.7 Å². The third kappa shape index (κ3) is 5.27. The van der Waals surface area contributed by atoms with Crippen LogP contribution in [0.4, 0.5) is 23.4 Å². The molecule has 0 unspecified atom stereocenters. The van der Waals surface area contributed by atoms with Crippen LogP contribution in [0.15, 0.2) is 17.2 Å². The SMILES string of the molecule is CN(C[C@H]1CCOC1)c1ncc(S(=O)(=O)NCCCF)cc1C(F)(F)F. The van der Waals surface area contributed by atoms with Gasteiger partial charge in [0.2, 0.25) is 10.0 Å². The molecule has 0 bridgehead atoms. The van der Waals surface area contributed by atoms with Gasteiger partial charge in [-0.3, -0.25) is 4.39 Å². The van der Waals surface area contributed by atoms with Gasteiger partial charge in [-0.05, 0) is 18.9 Å². The third-order valence-corrected chi connectivity index (χ3v) is 5.41. The molecular weight excluding hydrogens is 378 g/mol. The Balaban J connectivity index is 2.29. The average molecular weight is 399 g/mol. The lowest BCUT2D eigenvalue weighted by Gasteiger charge is -2.25. The van der Waals surface area contributed by atoms with Crippen LogP contribution < -0.4 is 9.62 Å². The Hall–Kier alpha value is -1.46. The van der Waals surface area contributed by atoms with Crippen molar-refractivity contribution in [3.05, 3.63) is 17.8 Å². The van der Waals surface area contributed by atoms with Crippen LogP contribution in [0, 0.1) is 5.92 Å². The third-order valence-electron chi connectivity index (χ3n) is 3.98. The number of anilines is 1. The number of sulfonamides is 1. The predicted molar refractivity (Wildman–Crippen MR) is 87.2 cm³/mol. The quantitative estimate of drug-likeness (QED) is 0.536. The molecule has 1 atom stereocenters. The normalized spacial score (nSPS) is 18.3. The van der Waals surface area contributed by atoms with Gasteiger partial charge in [0, 0.05) is 38.9 Å². The van der Waals surface area contributed by atoms with Crippen molar-refractivity contribution in [1.82, 2.24) is 9.71 Å². The minimum absolute atomic E-state index is 0.0664. The van der Waals surface area contributed by atoms with E-state index in [2.05, 4.69) is 9.71 Å². The van der Waals surface area contributed by atoms with Crippen molar-refractivity contribution in [3.63, 3.8) is 0 Å². The number of nitrogens with zero attached hydrogens (tertiary/aromatic N) is 2. The van der Waals surface area contributed by atoms with E-state index < -0.39 is 33.3 Å². The Labute approximate surface area is 149 Å². The molecule has 1 aliphatic rings. The molecule has 0 radical (unpaired) electrons. The second-order valence-electron chi connectivity index (χ2n) is 6.09. The van der Waals surface area contributed by atoms with Gasteiger partial charge in [-0.25, -0.2) is 18.1 Å². The average Bonchev–Trinajstić information content (AvgIpc) is 3.06. The highest BCUT2D eigenvalue weighted by Gasteiger charge is 2.37. The second-order valence-corrected chi connectivity index (χ2v) is 7.86. The van der Waals surface area contributed by atoms with Crippen molar-refractivity contribution in [1.29, 1.82) is 0 Å². The molecule has 2 rings (SSSR count).